The fraction of sp³-hybridized carbons (Fsp3) is 0.875. The lowest BCUT2D eigenvalue weighted by atomic mass is 9.88. The average molecular weight is 252 g/mol. The zero-order valence-electron chi connectivity index (χ0n) is 12.9. The van der Waals surface area contributed by atoms with Gasteiger partial charge < -0.3 is 5.32 Å². The summed E-state index contributed by atoms with van der Waals surface area (Å²) < 4.78 is 0. The summed E-state index contributed by atoms with van der Waals surface area (Å²) in [7, 11) is 2.10. The van der Waals surface area contributed by atoms with Gasteiger partial charge in [0.15, 0.2) is 0 Å². The molecule has 0 aromatic rings. The Morgan fingerprint density at radius 3 is 2.22 bits per heavy atom. The molecule has 0 bridgehead atoms. The first-order chi connectivity index (χ1) is 8.48. The molecule has 1 saturated heterocycles. The molecule has 2 heteroatoms. The molecule has 0 aliphatic carbocycles. The quantitative estimate of drug-likeness (QED) is 0.727. The molecule has 1 fully saturated rings. The molecule has 18 heavy (non-hydrogen) atoms. The van der Waals surface area contributed by atoms with E-state index < -0.39 is 0 Å². The Morgan fingerprint density at radius 2 is 1.78 bits per heavy atom. The van der Waals surface area contributed by atoms with E-state index in [9.17, 15) is 0 Å². The molecule has 0 amide bonds. The van der Waals surface area contributed by atoms with Crippen molar-refractivity contribution in [3.8, 4) is 0 Å². The van der Waals surface area contributed by atoms with Gasteiger partial charge >= 0.3 is 0 Å². The van der Waals surface area contributed by atoms with Crippen LogP contribution < -0.4 is 5.32 Å². The highest BCUT2D eigenvalue weighted by atomic mass is 15.2. The van der Waals surface area contributed by atoms with Gasteiger partial charge in [-0.3, -0.25) is 4.90 Å². The third kappa shape index (κ3) is 4.40. The molecule has 2 nitrogen and oxygen atoms in total. The Balaban J connectivity index is 2.63. The van der Waals surface area contributed by atoms with Crippen molar-refractivity contribution in [3.63, 3.8) is 0 Å². The van der Waals surface area contributed by atoms with E-state index in [0.717, 1.165) is 6.42 Å². The molecule has 0 spiro atoms. The SMILES string of the molecule is C=C(C)CCC(NC)C(C)(C)N1CCCCCC1. The van der Waals surface area contributed by atoms with Crippen molar-refractivity contribution < 1.29 is 0 Å². The van der Waals surface area contributed by atoms with Crippen LogP contribution in [0.25, 0.3) is 0 Å². The van der Waals surface area contributed by atoms with Gasteiger partial charge in [-0.15, -0.1) is 6.58 Å². The van der Waals surface area contributed by atoms with E-state index in [2.05, 4.69) is 44.6 Å². The van der Waals surface area contributed by atoms with E-state index in [4.69, 9.17) is 0 Å². The second-order valence-corrected chi connectivity index (χ2v) is 6.39. The highest BCUT2D eigenvalue weighted by Crippen LogP contribution is 2.26. The zero-order chi connectivity index (χ0) is 13.6. The number of likely N-dealkylation sites (N-methyl/N-ethyl adjacent to an activating group) is 1. The predicted molar refractivity (Wildman–Crippen MR) is 81.0 cm³/mol. The fourth-order valence-corrected chi connectivity index (χ4v) is 3.11. The Hall–Kier alpha value is -0.340. The van der Waals surface area contributed by atoms with Gasteiger partial charge in [0.25, 0.3) is 0 Å². The predicted octanol–water partition coefficient (Wildman–Crippen LogP) is 3.59. The summed E-state index contributed by atoms with van der Waals surface area (Å²) >= 11 is 0. The summed E-state index contributed by atoms with van der Waals surface area (Å²) in [5, 5.41) is 3.53. The van der Waals surface area contributed by atoms with Gasteiger partial charge in [0.2, 0.25) is 0 Å². The minimum atomic E-state index is 0.245. The van der Waals surface area contributed by atoms with Gasteiger partial charge in [-0.25, -0.2) is 0 Å². The number of likely N-dealkylation sites (tertiary alicyclic amines) is 1. The molecular weight excluding hydrogens is 220 g/mol. The van der Waals surface area contributed by atoms with Crippen molar-refractivity contribution in [2.24, 2.45) is 0 Å². The van der Waals surface area contributed by atoms with Gasteiger partial charge in [0, 0.05) is 11.6 Å². The van der Waals surface area contributed by atoms with Crippen molar-refractivity contribution in [1.82, 2.24) is 10.2 Å². The molecule has 1 rings (SSSR count). The van der Waals surface area contributed by atoms with Crippen LogP contribution in [0, 0.1) is 0 Å². The van der Waals surface area contributed by atoms with Crippen molar-refractivity contribution >= 4 is 0 Å². The van der Waals surface area contributed by atoms with E-state index in [-0.39, 0.29) is 5.54 Å². The maximum atomic E-state index is 4.03. The molecule has 1 heterocycles. The second-order valence-electron chi connectivity index (χ2n) is 6.39. The first-order valence-electron chi connectivity index (χ1n) is 7.55. The van der Waals surface area contributed by atoms with Crippen LogP contribution in [0.4, 0.5) is 0 Å². The topological polar surface area (TPSA) is 15.3 Å². The normalized spacial score (nSPS) is 20.4. The fourth-order valence-electron chi connectivity index (χ4n) is 3.11. The molecule has 1 unspecified atom stereocenters. The number of nitrogens with zero attached hydrogens (tertiary/aromatic N) is 1. The largest absolute Gasteiger partial charge is 0.315 e. The third-order valence-electron chi connectivity index (χ3n) is 4.48. The van der Waals surface area contributed by atoms with Crippen LogP contribution in [0.2, 0.25) is 0 Å². The van der Waals surface area contributed by atoms with E-state index in [0.29, 0.717) is 6.04 Å². The van der Waals surface area contributed by atoms with Crippen LogP contribution in [0.5, 0.6) is 0 Å². The van der Waals surface area contributed by atoms with Crippen molar-refractivity contribution in [1.29, 1.82) is 0 Å². The lowest BCUT2D eigenvalue weighted by Gasteiger charge is -2.44. The molecule has 0 aromatic heterocycles. The Bertz CT molecular complexity index is 250. The van der Waals surface area contributed by atoms with Gasteiger partial charge in [0.1, 0.15) is 0 Å². The standard InChI is InChI=1S/C16H32N2/c1-14(2)10-11-15(17-5)16(3,4)18-12-8-6-7-9-13-18/h15,17H,1,6-13H2,2-5H3. The first kappa shape index (κ1) is 15.7. The number of nitrogens with one attached hydrogen (secondary N) is 1. The number of hydrogen-bond donors (Lipinski definition) is 1. The van der Waals surface area contributed by atoms with Crippen LogP contribution in [0.1, 0.15) is 59.3 Å². The molecule has 1 aliphatic heterocycles. The molecular formula is C16H32N2. The maximum Gasteiger partial charge on any atom is 0.0306 e. The summed E-state index contributed by atoms with van der Waals surface area (Å²) in [5.74, 6) is 0. The molecule has 1 N–H and O–H groups in total. The monoisotopic (exact) mass is 252 g/mol. The van der Waals surface area contributed by atoms with Crippen molar-refractivity contribution in [3.05, 3.63) is 12.2 Å². The minimum Gasteiger partial charge on any atom is -0.315 e. The van der Waals surface area contributed by atoms with Crippen LogP contribution in [-0.2, 0) is 0 Å². The number of allylic oxidation sites excluding steroid dienone is 1. The van der Waals surface area contributed by atoms with Gasteiger partial charge in [-0.05, 0) is 66.6 Å². The summed E-state index contributed by atoms with van der Waals surface area (Å²) in [6.45, 7) is 13.5. The van der Waals surface area contributed by atoms with Gasteiger partial charge in [0.05, 0.1) is 0 Å². The lowest BCUT2D eigenvalue weighted by Crippen LogP contribution is -2.57. The second kappa shape index (κ2) is 7.30. The molecule has 1 atom stereocenters. The van der Waals surface area contributed by atoms with Crippen LogP contribution in [-0.4, -0.2) is 36.6 Å². The number of hydrogen-bond acceptors (Lipinski definition) is 2. The summed E-state index contributed by atoms with van der Waals surface area (Å²) in [4.78, 5) is 2.69. The summed E-state index contributed by atoms with van der Waals surface area (Å²) in [5.41, 5.74) is 1.54. The molecule has 0 saturated carbocycles. The van der Waals surface area contributed by atoms with Crippen LogP contribution in [0.3, 0.4) is 0 Å². The Morgan fingerprint density at radius 1 is 1.22 bits per heavy atom. The smallest absolute Gasteiger partial charge is 0.0306 e. The molecule has 106 valence electrons. The van der Waals surface area contributed by atoms with E-state index in [1.807, 2.05) is 0 Å². The minimum absolute atomic E-state index is 0.245. The molecule has 0 aromatic carbocycles. The van der Waals surface area contributed by atoms with Crippen molar-refractivity contribution in [2.75, 3.05) is 20.1 Å². The Labute approximate surface area is 114 Å². The lowest BCUT2D eigenvalue weighted by molar-refractivity contribution is 0.0832. The molecule has 0 radical (unpaired) electrons. The average Bonchev–Trinajstić information content (AvgIpc) is 2.57. The maximum absolute atomic E-state index is 4.03. The van der Waals surface area contributed by atoms with Gasteiger partial charge in [-0.1, -0.05) is 18.4 Å². The Kier molecular flexibility index (Phi) is 6.37. The van der Waals surface area contributed by atoms with Crippen LogP contribution in [0.15, 0.2) is 12.2 Å². The highest BCUT2D eigenvalue weighted by Gasteiger charge is 2.34. The van der Waals surface area contributed by atoms with Crippen LogP contribution >= 0.6 is 0 Å². The molecule has 1 aliphatic rings. The number of rotatable bonds is 6. The van der Waals surface area contributed by atoms with E-state index in [1.54, 1.807) is 0 Å². The van der Waals surface area contributed by atoms with E-state index >= 15 is 0 Å². The highest BCUT2D eigenvalue weighted by molar-refractivity contribution is 4.97. The van der Waals surface area contributed by atoms with E-state index in [1.165, 1.54) is 50.8 Å². The first-order valence-corrected chi connectivity index (χ1v) is 7.55. The zero-order valence-corrected chi connectivity index (χ0v) is 12.9. The van der Waals surface area contributed by atoms with Gasteiger partial charge in [-0.2, -0.15) is 0 Å². The van der Waals surface area contributed by atoms with Crippen molar-refractivity contribution in [2.45, 2.75) is 70.9 Å². The summed E-state index contributed by atoms with van der Waals surface area (Å²) in [6, 6.07) is 0.548. The summed E-state index contributed by atoms with van der Waals surface area (Å²) in [6.07, 6.45) is 7.85. The third-order valence-corrected chi connectivity index (χ3v) is 4.48.